The van der Waals surface area contributed by atoms with E-state index < -0.39 is 0 Å². The van der Waals surface area contributed by atoms with Gasteiger partial charge in [-0.25, -0.2) is 4.98 Å². The van der Waals surface area contributed by atoms with Crippen molar-refractivity contribution in [1.82, 2.24) is 4.98 Å². The Labute approximate surface area is 120 Å². The highest BCUT2D eigenvalue weighted by Gasteiger charge is 2.13. The van der Waals surface area contributed by atoms with Crippen LogP contribution in [0.5, 0.6) is 0 Å². The van der Waals surface area contributed by atoms with E-state index in [4.69, 9.17) is 5.73 Å². The largest absolute Gasteiger partial charge is 0.357 e. The minimum absolute atomic E-state index is 0.0535. The van der Waals surface area contributed by atoms with Gasteiger partial charge in [-0.2, -0.15) is 0 Å². The van der Waals surface area contributed by atoms with Gasteiger partial charge in [0.15, 0.2) is 0 Å². The number of nitrogens with two attached hydrogens (primary N) is 1. The molecule has 1 saturated heterocycles. The molecular weight excluding hydrogens is 252 g/mol. The van der Waals surface area contributed by atoms with E-state index in [1.807, 2.05) is 12.1 Å². The second kappa shape index (κ2) is 7.85. The van der Waals surface area contributed by atoms with Crippen LogP contribution in [0.15, 0.2) is 18.3 Å². The summed E-state index contributed by atoms with van der Waals surface area (Å²) in [4.78, 5) is 18.4. The number of amides is 1. The van der Waals surface area contributed by atoms with E-state index in [2.05, 4.69) is 15.2 Å². The van der Waals surface area contributed by atoms with E-state index in [9.17, 15) is 4.79 Å². The predicted molar refractivity (Wildman–Crippen MR) is 81.8 cm³/mol. The van der Waals surface area contributed by atoms with Crippen molar-refractivity contribution in [3.8, 4) is 0 Å². The molecule has 0 bridgehead atoms. The highest BCUT2D eigenvalue weighted by atomic mass is 16.1. The first-order valence-corrected chi connectivity index (χ1v) is 7.50. The number of hydrogen-bond donors (Lipinski definition) is 2. The van der Waals surface area contributed by atoms with Gasteiger partial charge in [-0.15, -0.1) is 0 Å². The summed E-state index contributed by atoms with van der Waals surface area (Å²) in [6, 6.07) is 3.91. The zero-order chi connectivity index (χ0) is 14.2. The van der Waals surface area contributed by atoms with Crippen molar-refractivity contribution in [3.05, 3.63) is 18.3 Å². The van der Waals surface area contributed by atoms with Crippen LogP contribution in [0.3, 0.4) is 0 Å². The number of carbonyl (C=O) groups is 1. The van der Waals surface area contributed by atoms with E-state index in [0.29, 0.717) is 13.0 Å². The van der Waals surface area contributed by atoms with Crippen molar-refractivity contribution in [2.75, 3.05) is 29.9 Å². The number of nitrogens with zero attached hydrogens (tertiary/aromatic N) is 2. The van der Waals surface area contributed by atoms with Crippen molar-refractivity contribution >= 4 is 17.4 Å². The molecule has 1 aromatic rings. The first kappa shape index (κ1) is 14.8. The molecule has 0 spiro atoms. The molecule has 1 fully saturated rings. The first-order valence-electron chi connectivity index (χ1n) is 7.50. The summed E-state index contributed by atoms with van der Waals surface area (Å²) in [5.41, 5.74) is 6.20. The van der Waals surface area contributed by atoms with Crippen LogP contribution in [-0.4, -0.2) is 30.5 Å². The third-order valence-electron chi connectivity index (χ3n) is 3.57. The zero-order valence-electron chi connectivity index (χ0n) is 12.0. The maximum atomic E-state index is 11.7. The van der Waals surface area contributed by atoms with Gasteiger partial charge in [0.25, 0.3) is 0 Å². The molecule has 1 amide bonds. The van der Waals surface area contributed by atoms with Gasteiger partial charge in [-0.3, -0.25) is 4.79 Å². The number of aromatic nitrogens is 1. The van der Waals surface area contributed by atoms with Crippen LogP contribution in [0.2, 0.25) is 0 Å². The average molecular weight is 276 g/mol. The molecule has 5 nitrogen and oxygen atoms in total. The quantitative estimate of drug-likeness (QED) is 0.748. The highest BCUT2D eigenvalue weighted by Crippen LogP contribution is 2.19. The SMILES string of the molecule is NCCCCCC(=O)Nc1ccc(N2CCCC2)nc1. The van der Waals surface area contributed by atoms with E-state index in [1.165, 1.54) is 12.8 Å². The summed E-state index contributed by atoms with van der Waals surface area (Å²) in [6.45, 7) is 2.86. The molecule has 5 heteroatoms. The number of nitrogens with one attached hydrogen (secondary N) is 1. The molecule has 1 aliphatic heterocycles. The van der Waals surface area contributed by atoms with Crippen molar-refractivity contribution in [1.29, 1.82) is 0 Å². The second-order valence-corrected chi connectivity index (χ2v) is 5.25. The molecule has 3 N–H and O–H groups in total. The molecule has 1 aromatic heterocycles. The average Bonchev–Trinajstić information content (AvgIpc) is 2.99. The van der Waals surface area contributed by atoms with Crippen LogP contribution < -0.4 is 16.0 Å². The van der Waals surface area contributed by atoms with Crippen LogP contribution in [0.25, 0.3) is 0 Å². The van der Waals surface area contributed by atoms with Gasteiger partial charge in [-0.05, 0) is 44.4 Å². The van der Waals surface area contributed by atoms with Crippen LogP contribution >= 0.6 is 0 Å². The lowest BCUT2D eigenvalue weighted by atomic mass is 10.2. The van der Waals surface area contributed by atoms with Gasteiger partial charge < -0.3 is 16.0 Å². The third kappa shape index (κ3) is 4.49. The lowest BCUT2D eigenvalue weighted by Crippen LogP contribution is -2.19. The number of pyridine rings is 1. The van der Waals surface area contributed by atoms with Gasteiger partial charge >= 0.3 is 0 Å². The summed E-state index contributed by atoms with van der Waals surface area (Å²) in [7, 11) is 0. The van der Waals surface area contributed by atoms with Crippen molar-refractivity contribution in [2.24, 2.45) is 5.73 Å². The number of unbranched alkanes of at least 4 members (excludes halogenated alkanes) is 2. The maximum Gasteiger partial charge on any atom is 0.224 e. The number of hydrogen-bond acceptors (Lipinski definition) is 4. The maximum absolute atomic E-state index is 11.7. The van der Waals surface area contributed by atoms with E-state index in [1.54, 1.807) is 6.20 Å². The van der Waals surface area contributed by atoms with Gasteiger partial charge in [0.2, 0.25) is 5.91 Å². The summed E-state index contributed by atoms with van der Waals surface area (Å²) in [5.74, 6) is 1.06. The molecule has 20 heavy (non-hydrogen) atoms. The van der Waals surface area contributed by atoms with E-state index in [0.717, 1.165) is 43.9 Å². The van der Waals surface area contributed by atoms with Crippen LogP contribution in [0.4, 0.5) is 11.5 Å². The lowest BCUT2D eigenvalue weighted by Gasteiger charge is -2.16. The van der Waals surface area contributed by atoms with Crippen molar-refractivity contribution in [2.45, 2.75) is 38.5 Å². The second-order valence-electron chi connectivity index (χ2n) is 5.25. The minimum Gasteiger partial charge on any atom is -0.357 e. The minimum atomic E-state index is 0.0535. The fourth-order valence-electron chi connectivity index (χ4n) is 2.42. The van der Waals surface area contributed by atoms with Crippen molar-refractivity contribution < 1.29 is 4.79 Å². The highest BCUT2D eigenvalue weighted by molar-refractivity contribution is 5.90. The molecular formula is C15H24N4O. The number of anilines is 2. The Morgan fingerprint density at radius 2 is 2.05 bits per heavy atom. The molecule has 0 atom stereocenters. The standard InChI is InChI=1S/C15H24N4O/c16-9-3-1-2-6-15(20)18-13-7-8-14(17-12-13)19-10-4-5-11-19/h7-8,12H,1-6,9-11,16H2,(H,18,20). The first-order chi connectivity index (χ1) is 9.79. The Morgan fingerprint density at radius 3 is 2.70 bits per heavy atom. The smallest absolute Gasteiger partial charge is 0.224 e. The fraction of sp³-hybridized carbons (Fsp3) is 0.600. The molecule has 0 aliphatic carbocycles. The number of rotatable bonds is 7. The Kier molecular flexibility index (Phi) is 5.80. The summed E-state index contributed by atoms with van der Waals surface area (Å²) in [5, 5.41) is 2.89. The molecule has 110 valence electrons. The van der Waals surface area contributed by atoms with E-state index >= 15 is 0 Å². The molecule has 2 heterocycles. The van der Waals surface area contributed by atoms with Crippen LogP contribution in [0.1, 0.15) is 38.5 Å². The van der Waals surface area contributed by atoms with Gasteiger partial charge in [0.05, 0.1) is 11.9 Å². The Morgan fingerprint density at radius 1 is 1.25 bits per heavy atom. The predicted octanol–water partition coefficient (Wildman–Crippen LogP) is 2.14. The summed E-state index contributed by atoms with van der Waals surface area (Å²) in [6.07, 6.45) is 7.66. The Balaban J connectivity index is 1.76. The monoisotopic (exact) mass is 276 g/mol. The normalized spacial score (nSPS) is 14.6. The molecule has 2 rings (SSSR count). The van der Waals surface area contributed by atoms with Crippen LogP contribution in [-0.2, 0) is 4.79 Å². The lowest BCUT2D eigenvalue weighted by molar-refractivity contribution is -0.116. The topological polar surface area (TPSA) is 71.2 Å². The Bertz CT molecular complexity index is 412. The van der Waals surface area contributed by atoms with Crippen LogP contribution in [0, 0.1) is 0 Å². The van der Waals surface area contributed by atoms with Gasteiger partial charge in [0, 0.05) is 19.5 Å². The number of carbonyl (C=O) groups excluding carboxylic acids is 1. The Hall–Kier alpha value is -1.62. The van der Waals surface area contributed by atoms with Crippen molar-refractivity contribution in [3.63, 3.8) is 0 Å². The molecule has 0 aromatic carbocycles. The summed E-state index contributed by atoms with van der Waals surface area (Å²) < 4.78 is 0. The third-order valence-corrected chi connectivity index (χ3v) is 3.57. The van der Waals surface area contributed by atoms with Gasteiger partial charge in [0.1, 0.15) is 5.82 Å². The molecule has 1 aliphatic rings. The molecule has 0 saturated carbocycles. The molecule has 0 unspecified atom stereocenters. The van der Waals surface area contributed by atoms with Gasteiger partial charge in [-0.1, -0.05) is 6.42 Å². The zero-order valence-corrected chi connectivity index (χ0v) is 12.0. The van der Waals surface area contributed by atoms with E-state index in [-0.39, 0.29) is 5.91 Å². The summed E-state index contributed by atoms with van der Waals surface area (Å²) >= 11 is 0. The molecule has 0 radical (unpaired) electrons. The fourth-order valence-corrected chi connectivity index (χ4v) is 2.42.